The summed E-state index contributed by atoms with van der Waals surface area (Å²) in [6.07, 6.45) is 2.62. The molecule has 2 rings (SSSR count). The van der Waals surface area contributed by atoms with Crippen LogP contribution in [0.2, 0.25) is 5.02 Å². The summed E-state index contributed by atoms with van der Waals surface area (Å²) in [5.41, 5.74) is 1.17. The van der Waals surface area contributed by atoms with E-state index in [1.807, 2.05) is 12.1 Å². The van der Waals surface area contributed by atoms with E-state index in [0.29, 0.717) is 0 Å². The third-order valence-corrected chi connectivity index (χ3v) is 3.72. The molecule has 0 saturated carbocycles. The number of halogens is 2. The largest absolute Gasteiger partial charge is 0.370 e. The molecule has 0 aliphatic carbocycles. The van der Waals surface area contributed by atoms with Crippen molar-refractivity contribution in [2.45, 2.75) is 19.8 Å². The lowest BCUT2D eigenvalue weighted by molar-refractivity contribution is 0.381. The second-order valence-electron chi connectivity index (χ2n) is 4.16. The van der Waals surface area contributed by atoms with Crippen LogP contribution in [0.5, 0.6) is 0 Å². The van der Waals surface area contributed by atoms with Gasteiger partial charge in [-0.1, -0.05) is 40.9 Å². The Morgan fingerprint density at radius 3 is 2.87 bits per heavy atom. The molecule has 82 valence electrons. The smallest absolute Gasteiger partial charge is 0.0640 e. The zero-order valence-electron chi connectivity index (χ0n) is 8.84. The van der Waals surface area contributed by atoms with E-state index in [1.165, 1.54) is 18.5 Å². The normalized spacial score (nSPS) is 16.6. The van der Waals surface area contributed by atoms with Gasteiger partial charge in [0.25, 0.3) is 0 Å². The molecule has 1 aliphatic rings. The summed E-state index contributed by atoms with van der Waals surface area (Å²) in [5, 5.41) is 0.855. The summed E-state index contributed by atoms with van der Waals surface area (Å²) < 4.78 is 1.10. The molecule has 0 aromatic heterocycles. The second-order valence-corrected chi connectivity index (χ2v) is 5.48. The quantitative estimate of drug-likeness (QED) is 0.800. The van der Waals surface area contributed by atoms with E-state index in [-0.39, 0.29) is 0 Å². The summed E-state index contributed by atoms with van der Waals surface area (Å²) in [6, 6.07) is 6.04. The highest BCUT2D eigenvalue weighted by Gasteiger charge is 2.27. The van der Waals surface area contributed by atoms with Crippen molar-refractivity contribution in [2.24, 2.45) is 5.92 Å². The molecule has 1 aromatic carbocycles. The van der Waals surface area contributed by atoms with Crippen molar-refractivity contribution in [2.75, 3.05) is 18.0 Å². The van der Waals surface area contributed by atoms with Crippen molar-refractivity contribution < 1.29 is 0 Å². The summed E-state index contributed by atoms with van der Waals surface area (Å²) >= 11 is 9.64. The zero-order valence-corrected chi connectivity index (χ0v) is 11.2. The third-order valence-electron chi connectivity index (χ3n) is 2.90. The van der Waals surface area contributed by atoms with Gasteiger partial charge >= 0.3 is 0 Å². The van der Waals surface area contributed by atoms with Crippen LogP contribution in [0.3, 0.4) is 0 Å². The van der Waals surface area contributed by atoms with Crippen LogP contribution in [0.4, 0.5) is 5.69 Å². The van der Waals surface area contributed by atoms with Crippen molar-refractivity contribution in [1.29, 1.82) is 0 Å². The Kier molecular flexibility index (Phi) is 3.57. The van der Waals surface area contributed by atoms with Gasteiger partial charge in [0.05, 0.1) is 10.7 Å². The standard InChI is InChI=1S/C12H15BrClN/c1-2-3-9-7-15(8-9)12-6-10(13)4-5-11(12)14/h4-6,9H,2-3,7-8H2,1H3. The zero-order chi connectivity index (χ0) is 10.8. The number of hydrogen-bond donors (Lipinski definition) is 0. The van der Waals surface area contributed by atoms with E-state index in [4.69, 9.17) is 11.6 Å². The monoisotopic (exact) mass is 287 g/mol. The van der Waals surface area contributed by atoms with Gasteiger partial charge in [-0.05, 0) is 30.5 Å². The van der Waals surface area contributed by atoms with Crippen molar-refractivity contribution in [3.8, 4) is 0 Å². The Morgan fingerprint density at radius 2 is 2.20 bits per heavy atom. The Morgan fingerprint density at radius 1 is 1.47 bits per heavy atom. The molecule has 0 bridgehead atoms. The van der Waals surface area contributed by atoms with Crippen LogP contribution >= 0.6 is 27.5 Å². The fourth-order valence-electron chi connectivity index (χ4n) is 2.09. The maximum Gasteiger partial charge on any atom is 0.0640 e. The highest BCUT2D eigenvalue weighted by atomic mass is 79.9. The number of rotatable bonds is 3. The Hall–Kier alpha value is -0.210. The number of hydrogen-bond acceptors (Lipinski definition) is 1. The SMILES string of the molecule is CCCC1CN(c2cc(Br)ccc2Cl)C1. The second kappa shape index (κ2) is 4.75. The number of anilines is 1. The summed E-state index contributed by atoms with van der Waals surface area (Å²) in [4.78, 5) is 2.35. The summed E-state index contributed by atoms with van der Waals surface area (Å²) in [5.74, 6) is 0.866. The molecule has 0 unspecified atom stereocenters. The predicted octanol–water partition coefficient (Wildman–Crippen LogP) is 4.34. The van der Waals surface area contributed by atoms with Crippen LogP contribution < -0.4 is 4.90 Å². The lowest BCUT2D eigenvalue weighted by atomic mass is 9.94. The van der Waals surface area contributed by atoms with Crippen molar-refractivity contribution >= 4 is 33.2 Å². The fourth-order valence-corrected chi connectivity index (χ4v) is 2.67. The molecule has 1 nitrogen and oxygen atoms in total. The topological polar surface area (TPSA) is 3.24 Å². The van der Waals surface area contributed by atoms with E-state index < -0.39 is 0 Å². The molecular formula is C12H15BrClN. The van der Waals surface area contributed by atoms with Crippen LogP contribution in [0.15, 0.2) is 22.7 Å². The molecule has 1 saturated heterocycles. The van der Waals surface area contributed by atoms with E-state index in [1.54, 1.807) is 0 Å². The van der Waals surface area contributed by atoms with Crippen molar-refractivity contribution in [3.05, 3.63) is 27.7 Å². The maximum atomic E-state index is 6.17. The molecule has 1 aromatic rings. The average Bonchev–Trinajstić information content (AvgIpc) is 2.15. The lowest BCUT2D eigenvalue weighted by Crippen LogP contribution is -2.46. The van der Waals surface area contributed by atoms with Crippen molar-refractivity contribution in [3.63, 3.8) is 0 Å². The molecular weight excluding hydrogens is 273 g/mol. The predicted molar refractivity (Wildman–Crippen MR) is 69.8 cm³/mol. The van der Waals surface area contributed by atoms with Crippen LogP contribution in [-0.4, -0.2) is 13.1 Å². The Balaban J connectivity index is 2.03. The van der Waals surface area contributed by atoms with Gasteiger partial charge in [0.2, 0.25) is 0 Å². The minimum absolute atomic E-state index is 0.855. The fraction of sp³-hybridized carbons (Fsp3) is 0.500. The van der Waals surface area contributed by atoms with Crippen LogP contribution in [0.1, 0.15) is 19.8 Å². The van der Waals surface area contributed by atoms with Gasteiger partial charge in [-0.2, -0.15) is 0 Å². The molecule has 0 spiro atoms. The highest BCUT2D eigenvalue weighted by Crippen LogP contribution is 2.34. The number of benzene rings is 1. The molecule has 0 radical (unpaired) electrons. The van der Waals surface area contributed by atoms with Gasteiger partial charge in [-0.15, -0.1) is 0 Å². The highest BCUT2D eigenvalue weighted by molar-refractivity contribution is 9.10. The number of nitrogens with zero attached hydrogens (tertiary/aromatic N) is 1. The summed E-state index contributed by atoms with van der Waals surface area (Å²) in [6.45, 7) is 4.56. The minimum atomic E-state index is 0.855. The molecule has 3 heteroatoms. The van der Waals surface area contributed by atoms with E-state index in [2.05, 4.69) is 33.8 Å². The molecule has 1 fully saturated rings. The van der Waals surface area contributed by atoms with Crippen LogP contribution in [0.25, 0.3) is 0 Å². The molecule has 0 atom stereocenters. The van der Waals surface area contributed by atoms with Gasteiger partial charge in [-0.25, -0.2) is 0 Å². The average molecular weight is 289 g/mol. The van der Waals surface area contributed by atoms with Gasteiger partial charge in [-0.3, -0.25) is 0 Å². The first kappa shape index (κ1) is 11.3. The van der Waals surface area contributed by atoms with E-state index >= 15 is 0 Å². The lowest BCUT2D eigenvalue weighted by Gasteiger charge is -2.41. The first-order valence-electron chi connectivity index (χ1n) is 5.40. The first-order valence-corrected chi connectivity index (χ1v) is 6.57. The van der Waals surface area contributed by atoms with E-state index in [0.717, 1.165) is 28.5 Å². The van der Waals surface area contributed by atoms with Crippen LogP contribution in [-0.2, 0) is 0 Å². The molecule has 0 N–H and O–H groups in total. The van der Waals surface area contributed by atoms with Gasteiger partial charge in [0, 0.05) is 17.6 Å². The van der Waals surface area contributed by atoms with Crippen LogP contribution in [0, 0.1) is 5.92 Å². The summed E-state index contributed by atoms with van der Waals surface area (Å²) in [7, 11) is 0. The Bertz CT molecular complexity index is 347. The molecule has 1 heterocycles. The minimum Gasteiger partial charge on any atom is -0.370 e. The van der Waals surface area contributed by atoms with Gasteiger partial charge in [0.15, 0.2) is 0 Å². The molecule has 1 aliphatic heterocycles. The molecule has 0 amide bonds. The van der Waals surface area contributed by atoms with Gasteiger partial charge in [0.1, 0.15) is 0 Å². The van der Waals surface area contributed by atoms with E-state index in [9.17, 15) is 0 Å². The first-order chi connectivity index (χ1) is 7.20. The molecule has 15 heavy (non-hydrogen) atoms. The third kappa shape index (κ3) is 2.48. The van der Waals surface area contributed by atoms with Crippen molar-refractivity contribution in [1.82, 2.24) is 0 Å². The Labute approximate surface area is 105 Å². The maximum absolute atomic E-state index is 6.17. The van der Waals surface area contributed by atoms with Gasteiger partial charge < -0.3 is 4.90 Å².